The van der Waals surface area contributed by atoms with Crippen LogP contribution in [0.4, 0.5) is 0 Å². The quantitative estimate of drug-likeness (QED) is 0.848. The Morgan fingerprint density at radius 2 is 1.96 bits per heavy atom. The highest BCUT2D eigenvalue weighted by Gasteiger charge is 2.44. The van der Waals surface area contributed by atoms with E-state index in [0.717, 1.165) is 62.2 Å². The largest absolute Gasteiger partial charge is 0.327 e. The Morgan fingerprint density at radius 3 is 2.62 bits per heavy atom. The van der Waals surface area contributed by atoms with Gasteiger partial charge in [-0.15, -0.1) is 0 Å². The van der Waals surface area contributed by atoms with Gasteiger partial charge in [0.05, 0.1) is 11.8 Å². The van der Waals surface area contributed by atoms with Crippen LogP contribution in [0.2, 0.25) is 0 Å². The molecular weight excluding hydrogens is 324 g/mol. The molecule has 0 spiro atoms. The second-order valence-electron chi connectivity index (χ2n) is 7.42. The number of imidazole rings is 1. The first-order chi connectivity index (χ1) is 12.7. The summed E-state index contributed by atoms with van der Waals surface area (Å²) in [6.45, 7) is 0.896. The fourth-order valence-corrected chi connectivity index (χ4v) is 4.09. The average molecular weight is 348 g/mol. The summed E-state index contributed by atoms with van der Waals surface area (Å²) in [6, 6.07) is 12.4. The number of aromatic nitrogens is 2. The Balaban J connectivity index is 1.78. The zero-order valence-corrected chi connectivity index (χ0v) is 15.2. The van der Waals surface area contributed by atoms with Crippen LogP contribution in [0, 0.1) is 11.3 Å². The van der Waals surface area contributed by atoms with Gasteiger partial charge in [-0.3, -0.25) is 4.79 Å². The minimum atomic E-state index is -0.648. The second kappa shape index (κ2) is 6.60. The van der Waals surface area contributed by atoms with E-state index in [0.29, 0.717) is 5.69 Å². The Hall–Kier alpha value is -2.61. The number of nitrogens with zero attached hydrogens (tertiary/aromatic N) is 4. The summed E-state index contributed by atoms with van der Waals surface area (Å²) in [4.78, 5) is 19.7. The highest BCUT2D eigenvalue weighted by atomic mass is 16.2. The number of rotatable bonds is 3. The van der Waals surface area contributed by atoms with Gasteiger partial charge in [0.1, 0.15) is 17.1 Å². The van der Waals surface area contributed by atoms with E-state index in [-0.39, 0.29) is 5.91 Å². The van der Waals surface area contributed by atoms with Gasteiger partial charge in [-0.2, -0.15) is 5.26 Å². The molecule has 0 saturated heterocycles. The SMILES string of the molecule is CN(C(=O)c1nc(-c2ccccc2)n2c1CCCCC2)C1(C#N)CCC1. The van der Waals surface area contributed by atoms with E-state index in [4.69, 9.17) is 4.98 Å². The zero-order chi connectivity index (χ0) is 18.1. The zero-order valence-electron chi connectivity index (χ0n) is 15.2. The first-order valence-corrected chi connectivity index (χ1v) is 9.50. The van der Waals surface area contributed by atoms with Crippen LogP contribution in [0.1, 0.15) is 54.7 Å². The van der Waals surface area contributed by atoms with Crippen molar-refractivity contribution in [2.45, 2.75) is 57.0 Å². The molecule has 0 radical (unpaired) electrons. The third-order valence-electron chi connectivity index (χ3n) is 5.94. The number of carbonyl (C=O) groups excluding carboxylic acids is 1. The molecule has 0 N–H and O–H groups in total. The molecule has 2 heterocycles. The minimum Gasteiger partial charge on any atom is -0.327 e. The molecule has 1 saturated carbocycles. The van der Waals surface area contributed by atoms with Crippen molar-refractivity contribution >= 4 is 5.91 Å². The third-order valence-corrected chi connectivity index (χ3v) is 5.94. The van der Waals surface area contributed by atoms with Gasteiger partial charge in [-0.25, -0.2) is 4.98 Å². The molecule has 5 heteroatoms. The van der Waals surface area contributed by atoms with Crippen LogP contribution in [0.3, 0.4) is 0 Å². The predicted molar refractivity (Wildman–Crippen MR) is 99.5 cm³/mol. The number of amides is 1. The predicted octanol–water partition coefficient (Wildman–Crippen LogP) is 3.79. The van der Waals surface area contributed by atoms with Crippen LogP contribution < -0.4 is 0 Å². The average Bonchev–Trinajstić information content (AvgIpc) is 2.82. The van der Waals surface area contributed by atoms with Gasteiger partial charge in [-0.1, -0.05) is 36.8 Å². The number of nitriles is 1. The van der Waals surface area contributed by atoms with Crippen molar-refractivity contribution in [3.63, 3.8) is 0 Å². The molecule has 0 atom stereocenters. The van der Waals surface area contributed by atoms with Crippen molar-refractivity contribution in [1.29, 1.82) is 5.26 Å². The molecule has 2 aromatic rings. The maximum absolute atomic E-state index is 13.3. The van der Waals surface area contributed by atoms with E-state index in [9.17, 15) is 10.1 Å². The van der Waals surface area contributed by atoms with E-state index in [2.05, 4.69) is 10.6 Å². The summed E-state index contributed by atoms with van der Waals surface area (Å²) in [5.74, 6) is 0.762. The Labute approximate surface area is 154 Å². The van der Waals surface area contributed by atoms with E-state index in [1.165, 1.54) is 6.42 Å². The van der Waals surface area contributed by atoms with Crippen molar-refractivity contribution in [3.8, 4) is 17.5 Å². The molecule has 1 amide bonds. The summed E-state index contributed by atoms with van der Waals surface area (Å²) >= 11 is 0. The Morgan fingerprint density at radius 1 is 1.19 bits per heavy atom. The molecule has 134 valence electrons. The molecule has 1 aliphatic carbocycles. The molecule has 1 aromatic heterocycles. The first-order valence-electron chi connectivity index (χ1n) is 9.50. The molecule has 1 aliphatic heterocycles. The fourth-order valence-electron chi connectivity index (χ4n) is 4.09. The van der Waals surface area contributed by atoms with Gasteiger partial charge in [0.15, 0.2) is 0 Å². The lowest BCUT2D eigenvalue weighted by molar-refractivity contribution is 0.0491. The smallest absolute Gasteiger partial charge is 0.275 e. The van der Waals surface area contributed by atoms with E-state index in [1.54, 1.807) is 11.9 Å². The fraction of sp³-hybridized carbons (Fsp3) is 0.476. The number of carbonyl (C=O) groups is 1. The maximum atomic E-state index is 13.3. The summed E-state index contributed by atoms with van der Waals surface area (Å²) in [5, 5.41) is 9.60. The summed E-state index contributed by atoms with van der Waals surface area (Å²) in [7, 11) is 1.76. The van der Waals surface area contributed by atoms with Crippen LogP contribution in [0.15, 0.2) is 30.3 Å². The van der Waals surface area contributed by atoms with Crippen molar-refractivity contribution in [2.24, 2.45) is 0 Å². The molecule has 5 nitrogen and oxygen atoms in total. The van der Waals surface area contributed by atoms with Crippen LogP contribution in [0.25, 0.3) is 11.4 Å². The van der Waals surface area contributed by atoms with Gasteiger partial charge in [0.25, 0.3) is 5.91 Å². The highest BCUT2D eigenvalue weighted by molar-refractivity contribution is 5.95. The van der Waals surface area contributed by atoms with Gasteiger partial charge >= 0.3 is 0 Å². The lowest BCUT2D eigenvalue weighted by Gasteiger charge is -2.42. The normalized spacial score (nSPS) is 18.2. The van der Waals surface area contributed by atoms with Crippen molar-refractivity contribution in [3.05, 3.63) is 41.7 Å². The van der Waals surface area contributed by atoms with Gasteiger partial charge in [0, 0.05) is 19.2 Å². The van der Waals surface area contributed by atoms with Crippen molar-refractivity contribution < 1.29 is 4.79 Å². The first kappa shape index (κ1) is 16.8. The van der Waals surface area contributed by atoms with Crippen LogP contribution in [-0.4, -0.2) is 32.9 Å². The number of hydrogen-bond acceptors (Lipinski definition) is 3. The lowest BCUT2D eigenvalue weighted by atomic mass is 9.76. The van der Waals surface area contributed by atoms with E-state index < -0.39 is 5.54 Å². The molecule has 1 fully saturated rings. The highest BCUT2D eigenvalue weighted by Crippen LogP contribution is 2.38. The third kappa shape index (κ3) is 2.61. The van der Waals surface area contributed by atoms with Gasteiger partial charge < -0.3 is 9.47 Å². The Bertz CT molecular complexity index is 858. The monoisotopic (exact) mass is 348 g/mol. The maximum Gasteiger partial charge on any atom is 0.275 e. The topological polar surface area (TPSA) is 61.9 Å². The van der Waals surface area contributed by atoms with Crippen molar-refractivity contribution in [1.82, 2.24) is 14.5 Å². The van der Waals surface area contributed by atoms with Crippen LogP contribution in [0.5, 0.6) is 0 Å². The molecule has 26 heavy (non-hydrogen) atoms. The molecule has 2 aliphatic rings. The van der Waals surface area contributed by atoms with Gasteiger partial charge in [-0.05, 0) is 38.5 Å². The summed E-state index contributed by atoms with van der Waals surface area (Å²) in [5.41, 5.74) is 1.96. The molecule has 0 unspecified atom stereocenters. The van der Waals surface area contributed by atoms with Gasteiger partial charge in [0.2, 0.25) is 0 Å². The van der Waals surface area contributed by atoms with Crippen LogP contribution in [-0.2, 0) is 13.0 Å². The molecule has 0 bridgehead atoms. The lowest BCUT2D eigenvalue weighted by Crippen LogP contribution is -2.53. The number of fused-ring (bicyclic) bond motifs is 1. The second-order valence-corrected chi connectivity index (χ2v) is 7.42. The van der Waals surface area contributed by atoms with E-state index in [1.807, 2.05) is 30.3 Å². The molecule has 4 rings (SSSR count). The number of benzene rings is 1. The Kier molecular flexibility index (Phi) is 4.28. The standard InChI is InChI=1S/C21H24N4O/c1-24(21(15-22)12-8-13-21)20(26)18-17-11-6-3-7-14-25(17)19(23-18)16-9-4-2-5-10-16/h2,4-5,9-10H,3,6-8,11-14H2,1H3. The summed E-state index contributed by atoms with van der Waals surface area (Å²) < 4.78 is 2.23. The number of hydrogen-bond donors (Lipinski definition) is 0. The minimum absolute atomic E-state index is 0.112. The summed E-state index contributed by atoms with van der Waals surface area (Å²) in [6.07, 6.45) is 6.74. The molecule has 1 aromatic carbocycles. The van der Waals surface area contributed by atoms with Crippen molar-refractivity contribution in [2.75, 3.05) is 7.05 Å². The van der Waals surface area contributed by atoms with Crippen LogP contribution >= 0.6 is 0 Å². The van der Waals surface area contributed by atoms with E-state index >= 15 is 0 Å². The molecular formula is C21H24N4O.